The van der Waals surface area contributed by atoms with Crippen LogP contribution in [0.15, 0.2) is 72.9 Å². The molecule has 0 radical (unpaired) electrons. The molecular weight excluding hydrogens is 440 g/mol. The maximum Gasteiger partial charge on any atom is 0.272 e. The van der Waals surface area contributed by atoms with Crippen LogP contribution < -0.4 is 10.1 Å². The lowest BCUT2D eigenvalue weighted by atomic mass is 10.2. The summed E-state index contributed by atoms with van der Waals surface area (Å²) in [6, 6.07) is 20.6. The number of para-hydroxylation sites is 1. The number of nitrogens with zero attached hydrogens (tertiary/aromatic N) is 5. The first-order valence-corrected chi connectivity index (χ1v) is 11.0. The van der Waals surface area contributed by atoms with Crippen LogP contribution >= 0.6 is 11.6 Å². The van der Waals surface area contributed by atoms with Crippen molar-refractivity contribution >= 4 is 34.1 Å². The molecule has 3 heterocycles. The van der Waals surface area contributed by atoms with Gasteiger partial charge in [0.05, 0.1) is 12.1 Å². The molecule has 0 aliphatic rings. The summed E-state index contributed by atoms with van der Waals surface area (Å²) in [7, 11) is 0. The number of rotatable bonds is 8. The van der Waals surface area contributed by atoms with Gasteiger partial charge in [0.15, 0.2) is 11.3 Å². The molecule has 166 valence electrons. The first-order valence-electron chi connectivity index (χ1n) is 10.6. The van der Waals surface area contributed by atoms with E-state index in [1.807, 2.05) is 65.2 Å². The maximum absolute atomic E-state index is 12.9. The average Bonchev–Trinajstić information content (AvgIpc) is 3.42. The number of amides is 1. The lowest BCUT2D eigenvalue weighted by molar-refractivity contribution is 0.0949. The third kappa shape index (κ3) is 4.51. The predicted octanol–water partition coefficient (Wildman–Crippen LogP) is 3.78. The fourth-order valence-corrected chi connectivity index (χ4v) is 3.81. The van der Waals surface area contributed by atoms with Gasteiger partial charge in [0.2, 0.25) is 0 Å². The number of hydrogen-bond acceptors (Lipinski definition) is 5. The van der Waals surface area contributed by atoms with Gasteiger partial charge in [-0.3, -0.25) is 13.9 Å². The van der Waals surface area contributed by atoms with Gasteiger partial charge < -0.3 is 10.1 Å². The minimum absolute atomic E-state index is 0.225. The van der Waals surface area contributed by atoms with Crippen LogP contribution in [0.4, 0.5) is 0 Å². The molecule has 0 fully saturated rings. The van der Waals surface area contributed by atoms with E-state index in [4.69, 9.17) is 16.3 Å². The van der Waals surface area contributed by atoms with E-state index in [1.54, 1.807) is 16.8 Å². The quantitative estimate of drug-likeness (QED) is 0.381. The number of aromatic nitrogens is 5. The molecule has 2 aromatic carbocycles. The standard InChI is InChI=1S/C24H21ClN6O2/c25-17-8-10-18(11-9-17)33-16-15-31-20-6-2-1-5-19(20)23(29-31)24(32)26-13-12-22-28-27-21-7-3-4-14-30(21)22/h1-11,14H,12-13,15-16H2,(H,26,32). The Morgan fingerprint density at radius 3 is 2.70 bits per heavy atom. The number of carbonyl (C=O) groups excluding carboxylic acids is 1. The van der Waals surface area contributed by atoms with E-state index in [0.717, 1.165) is 28.1 Å². The highest BCUT2D eigenvalue weighted by Gasteiger charge is 2.17. The van der Waals surface area contributed by atoms with Gasteiger partial charge >= 0.3 is 0 Å². The van der Waals surface area contributed by atoms with Crippen molar-refractivity contribution in [1.29, 1.82) is 0 Å². The fraction of sp³-hybridized carbons (Fsp3) is 0.167. The molecule has 5 rings (SSSR count). The number of fused-ring (bicyclic) bond motifs is 2. The van der Waals surface area contributed by atoms with Crippen LogP contribution in [0.5, 0.6) is 5.75 Å². The van der Waals surface area contributed by atoms with Crippen molar-refractivity contribution in [3.63, 3.8) is 0 Å². The van der Waals surface area contributed by atoms with Crippen LogP contribution in [-0.4, -0.2) is 43.4 Å². The van der Waals surface area contributed by atoms with Crippen molar-refractivity contribution in [3.05, 3.63) is 89.5 Å². The Labute approximate surface area is 194 Å². The second kappa shape index (κ2) is 9.30. The van der Waals surface area contributed by atoms with Crippen molar-refractivity contribution in [3.8, 4) is 5.75 Å². The minimum atomic E-state index is -0.225. The van der Waals surface area contributed by atoms with Crippen molar-refractivity contribution in [1.82, 2.24) is 29.7 Å². The molecule has 0 saturated heterocycles. The fourth-order valence-electron chi connectivity index (χ4n) is 3.68. The number of pyridine rings is 1. The summed E-state index contributed by atoms with van der Waals surface area (Å²) in [5.74, 6) is 1.30. The van der Waals surface area contributed by atoms with E-state index in [2.05, 4.69) is 20.6 Å². The SMILES string of the molecule is O=C(NCCc1nnc2ccccn12)c1nn(CCOc2ccc(Cl)cc2)c2ccccc12. The van der Waals surface area contributed by atoms with E-state index in [9.17, 15) is 4.79 Å². The summed E-state index contributed by atoms with van der Waals surface area (Å²) in [4.78, 5) is 12.9. The van der Waals surface area contributed by atoms with Gasteiger partial charge in [0.1, 0.15) is 18.2 Å². The Morgan fingerprint density at radius 1 is 1.00 bits per heavy atom. The van der Waals surface area contributed by atoms with Crippen molar-refractivity contribution < 1.29 is 9.53 Å². The zero-order chi connectivity index (χ0) is 22.6. The molecule has 0 aliphatic carbocycles. The zero-order valence-electron chi connectivity index (χ0n) is 17.7. The van der Waals surface area contributed by atoms with Crippen molar-refractivity contribution in [2.45, 2.75) is 13.0 Å². The Kier molecular flexibility index (Phi) is 5.91. The summed E-state index contributed by atoms with van der Waals surface area (Å²) in [5.41, 5.74) is 2.05. The third-order valence-electron chi connectivity index (χ3n) is 5.28. The van der Waals surface area contributed by atoms with E-state index in [-0.39, 0.29) is 5.91 Å². The van der Waals surface area contributed by atoms with E-state index < -0.39 is 0 Å². The van der Waals surface area contributed by atoms with Gasteiger partial charge in [-0.05, 0) is 42.5 Å². The highest BCUT2D eigenvalue weighted by Crippen LogP contribution is 2.19. The topological polar surface area (TPSA) is 86.3 Å². The number of benzene rings is 2. The molecule has 1 amide bonds. The molecule has 0 spiro atoms. The average molecular weight is 461 g/mol. The predicted molar refractivity (Wildman–Crippen MR) is 126 cm³/mol. The number of halogens is 1. The van der Waals surface area contributed by atoms with Crippen LogP contribution in [0.2, 0.25) is 5.02 Å². The van der Waals surface area contributed by atoms with Crippen LogP contribution in [0, 0.1) is 0 Å². The summed E-state index contributed by atoms with van der Waals surface area (Å²) in [6.07, 6.45) is 2.47. The summed E-state index contributed by atoms with van der Waals surface area (Å²) in [5, 5.41) is 17.3. The molecule has 0 bridgehead atoms. The Bertz CT molecular complexity index is 1410. The van der Waals surface area contributed by atoms with Crippen molar-refractivity contribution in [2.24, 2.45) is 0 Å². The Hall–Kier alpha value is -3.91. The second-order valence-corrected chi connectivity index (χ2v) is 7.88. The molecule has 0 saturated carbocycles. The molecule has 0 unspecified atom stereocenters. The lowest BCUT2D eigenvalue weighted by Crippen LogP contribution is -2.27. The van der Waals surface area contributed by atoms with E-state index >= 15 is 0 Å². The number of carbonyl (C=O) groups is 1. The highest BCUT2D eigenvalue weighted by atomic mass is 35.5. The van der Waals surface area contributed by atoms with Gasteiger partial charge in [-0.1, -0.05) is 35.9 Å². The Balaban J connectivity index is 1.25. The summed E-state index contributed by atoms with van der Waals surface area (Å²) >= 11 is 5.91. The molecule has 3 aromatic heterocycles. The maximum atomic E-state index is 12.9. The van der Waals surface area contributed by atoms with Gasteiger partial charge in [-0.2, -0.15) is 5.10 Å². The van der Waals surface area contributed by atoms with E-state index in [1.165, 1.54) is 0 Å². The van der Waals surface area contributed by atoms with Gasteiger partial charge in [0.25, 0.3) is 5.91 Å². The number of nitrogens with one attached hydrogen (secondary N) is 1. The zero-order valence-corrected chi connectivity index (χ0v) is 18.4. The van der Waals surface area contributed by atoms with Gasteiger partial charge in [-0.15, -0.1) is 10.2 Å². The summed E-state index contributed by atoms with van der Waals surface area (Å²) < 4.78 is 9.50. The molecule has 0 atom stereocenters. The smallest absolute Gasteiger partial charge is 0.272 e. The van der Waals surface area contributed by atoms with Crippen LogP contribution in [0.25, 0.3) is 16.6 Å². The van der Waals surface area contributed by atoms with Crippen LogP contribution in [0.3, 0.4) is 0 Å². The minimum Gasteiger partial charge on any atom is -0.492 e. The largest absolute Gasteiger partial charge is 0.492 e. The second-order valence-electron chi connectivity index (χ2n) is 7.44. The first-order chi connectivity index (χ1) is 16.2. The Morgan fingerprint density at radius 2 is 1.82 bits per heavy atom. The van der Waals surface area contributed by atoms with E-state index in [0.29, 0.717) is 36.8 Å². The third-order valence-corrected chi connectivity index (χ3v) is 5.53. The number of ether oxygens (including phenoxy) is 1. The molecule has 33 heavy (non-hydrogen) atoms. The van der Waals surface area contributed by atoms with Crippen molar-refractivity contribution in [2.75, 3.05) is 13.2 Å². The highest BCUT2D eigenvalue weighted by molar-refractivity contribution is 6.30. The monoisotopic (exact) mass is 460 g/mol. The van der Waals surface area contributed by atoms with Gasteiger partial charge in [0, 0.05) is 29.6 Å². The molecule has 0 aliphatic heterocycles. The molecular formula is C24H21ClN6O2. The molecule has 9 heteroatoms. The normalized spacial score (nSPS) is 11.2. The molecule has 1 N–H and O–H groups in total. The van der Waals surface area contributed by atoms with Crippen LogP contribution in [-0.2, 0) is 13.0 Å². The number of hydrogen-bond donors (Lipinski definition) is 1. The summed E-state index contributed by atoms with van der Waals surface area (Å²) in [6.45, 7) is 1.34. The van der Waals surface area contributed by atoms with Crippen LogP contribution in [0.1, 0.15) is 16.3 Å². The molecule has 8 nitrogen and oxygen atoms in total. The molecule has 5 aromatic rings. The first kappa shape index (κ1) is 21.0. The van der Waals surface area contributed by atoms with Gasteiger partial charge in [-0.25, -0.2) is 0 Å². The lowest BCUT2D eigenvalue weighted by Gasteiger charge is -2.07.